The first kappa shape index (κ1) is 43.2. The minimum atomic E-state index is -1.89. The first-order valence-corrected chi connectivity index (χ1v) is 21.5. The lowest BCUT2D eigenvalue weighted by atomic mass is 10.0. The summed E-state index contributed by atoms with van der Waals surface area (Å²) in [5, 5.41) is 46.0. The number of ether oxygens (including phenoxy) is 1. The van der Waals surface area contributed by atoms with Gasteiger partial charge in [-0.25, -0.2) is 23.8 Å². The van der Waals surface area contributed by atoms with Gasteiger partial charge in [-0.05, 0) is 49.9 Å². The average Bonchev–Trinajstić information content (AvgIpc) is 3.83. The Morgan fingerprint density at radius 2 is 1.87 bits per heavy atom. The largest absolute Gasteiger partial charge is 0.504 e. The first-order valence-electron chi connectivity index (χ1n) is 19.2. The normalized spacial score (nSPS) is 20.3. The van der Waals surface area contributed by atoms with Crippen LogP contribution in [0, 0.1) is 11.7 Å². The number of rotatable bonds is 14. The predicted octanol–water partition coefficient (Wildman–Crippen LogP) is 2.51. The summed E-state index contributed by atoms with van der Waals surface area (Å²) in [4.78, 5) is 91.2. The van der Waals surface area contributed by atoms with Crippen LogP contribution in [0.5, 0.6) is 11.5 Å². The number of aliphatic carboxylic acids is 2. The summed E-state index contributed by atoms with van der Waals surface area (Å²) in [5.74, 6) is -8.04. The zero-order valence-corrected chi connectivity index (χ0v) is 34.9. The third kappa shape index (κ3) is 8.07. The number of halogens is 2. The minimum absolute atomic E-state index is 0.00237. The molecule has 4 aromatic rings. The van der Waals surface area contributed by atoms with Crippen LogP contribution in [-0.4, -0.2) is 114 Å². The molecule has 63 heavy (non-hydrogen) atoms. The van der Waals surface area contributed by atoms with Gasteiger partial charge in [0.05, 0.1) is 21.6 Å². The number of aromatic nitrogens is 2. The van der Waals surface area contributed by atoms with Gasteiger partial charge in [-0.3, -0.25) is 19.3 Å². The third-order valence-electron chi connectivity index (χ3n) is 10.9. The molecular weight excluding hydrogens is 891 g/mol. The Bertz CT molecular complexity index is 2740. The Labute approximate surface area is 367 Å². The Morgan fingerprint density at radius 1 is 1.11 bits per heavy atom. The van der Waals surface area contributed by atoms with Gasteiger partial charge in [-0.2, -0.15) is 0 Å². The van der Waals surface area contributed by atoms with Crippen LogP contribution in [0.3, 0.4) is 0 Å². The van der Waals surface area contributed by atoms with Gasteiger partial charge >= 0.3 is 17.9 Å². The molecule has 330 valence electrons. The molecule has 4 atom stereocenters. The predicted molar refractivity (Wildman–Crippen MR) is 225 cm³/mol. The number of aromatic hydroxyl groups is 2. The fourth-order valence-corrected chi connectivity index (χ4v) is 9.91. The third-order valence-corrected chi connectivity index (χ3v) is 13.3. The summed E-state index contributed by atoms with van der Waals surface area (Å²) in [6.07, 6.45) is 1.61. The zero-order chi connectivity index (χ0) is 45.0. The van der Waals surface area contributed by atoms with Crippen LogP contribution in [0.25, 0.3) is 10.9 Å². The van der Waals surface area contributed by atoms with Crippen molar-refractivity contribution < 1.29 is 58.4 Å². The summed E-state index contributed by atoms with van der Waals surface area (Å²) >= 11 is 8.78. The number of anilines is 2. The number of esters is 1. The van der Waals surface area contributed by atoms with Crippen LogP contribution in [0.4, 0.5) is 15.2 Å². The molecule has 1 aliphatic carbocycles. The number of β-lactam (4-membered cyclic amide) rings is 1. The van der Waals surface area contributed by atoms with Crippen molar-refractivity contribution in [2.24, 2.45) is 16.8 Å². The number of oxime groups is 1. The van der Waals surface area contributed by atoms with Crippen molar-refractivity contribution in [1.29, 1.82) is 0 Å². The average molecular weight is 927 g/mol. The number of nitrogens with zero attached hydrogens (tertiary/aromatic N) is 5. The molecule has 20 nitrogen and oxygen atoms in total. The van der Waals surface area contributed by atoms with Crippen molar-refractivity contribution >= 4 is 91.9 Å². The standard InChI is InChI=1S/C39H36ClFN8O12S2/c40-25-29-19(8-21(41)30(25)47-6-5-15(9-42)10-47)31(52)20(11-48(29)18-2-3-18)38(59)60-12-17-13-62-35-27(34(54)49(35)28(17)36(55)56)45-33(53)26(22-14-63-39(43)44-22)46-61-32(37(57)58)16-1-4-23(50)24(51)7-16/h1,4,7-8,11,14-15,18,27,32,35,50-51H,2-3,5-6,9-10,12-13,42H2,(H2,43,44)(H,45,53)(H,55,56)(H,57,58)/t15?,27?,32-,35?/m0/s1. The van der Waals surface area contributed by atoms with Crippen LogP contribution in [-0.2, 0) is 28.8 Å². The van der Waals surface area contributed by atoms with Crippen molar-refractivity contribution in [2.45, 2.75) is 42.8 Å². The number of phenolic OH excluding ortho intramolecular Hbond substituents is 2. The van der Waals surface area contributed by atoms with E-state index in [0.29, 0.717) is 32.5 Å². The van der Waals surface area contributed by atoms with E-state index in [1.165, 1.54) is 11.6 Å². The summed E-state index contributed by atoms with van der Waals surface area (Å²) in [5.41, 5.74) is 9.35. The van der Waals surface area contributed by atoms with Gasteiger partial charge in [0.25, 0.3) is 11.8 Å². The van der Waals surface area contributed by atoms with E-state index in [4.69, 9.17) is 32.6 Å². The van der Waals surface area contributed by atoms with E-state index < -0.39 is 93.6 Å². The van der Waals surface area contributed by atoms with E-state index in [9.17, 15) is 49.2 Å². The van der Waals surface area contributed by atoms with Gasteiger partial charge in [0.2, 0.25) is 11.5 Å². The number of nitrogen functional groups attached to an aromatic ring is 1. The number of carbonyl (C=O) groups excluding carboxylic acids is 3. The first-order chi connectivity index (χ1) is 30.1. The summed E-state index contributed by atoms with van der Waals surface area (Å²) in [6, 6.07) is 2.69. The molecule has 4 aliphatic rings. The number of hydrogen-bond donors (Lipinski definition) is 7. The highest BCUT2D eigenvalue weighted by Gasteiger charge is 2.54. The Kier molecular flexibility index (Phi) is 11.7. The van der Waals surface area contributed by atoms with Crippen molar-refractivity contribution in [3.63, 3.8) is 0 Å². The lowest BCUT2D eigenvalue weighted by Gasteiger charge is -2.49. The number of benzene rings is 2. The van der Waals surface area contributed by atoms with E-state index in [0.717, 1.165) is 58.7 Å². The molecule has 2 amide bonds. The quantitative estimate of drug-likeness (QED) is 0.0314. The second-order valence-corrected chi connectivity index (χ2v) is 17.4. The number of thiazole rings is 1. The fraction of sp³-hybridized carbons (Fsp3) is 0.333. The van der Waals surface area contributed by atoms with Gasteiger partial charge in [0, 0.05) is 47.6 Å². The molecule has 5 heterocycles. The maximum atomic E-state index is 15.7. The highest BCUT2D eigenvalue weighted by Crippen LogP contribution is 2.44. The van der Waals surface area contributed by atoms with E-state index >= 15 is 4.39 Å². The van der Waals surface area contributed by atoms with E-state index in [1.54, 1.807) is 9.47 Å². The number of carboxylic acids is 2. The lowest BCUT2D eigenvalue weighted by molar-refractivity contribution is -0.151. The number of phenols is 2. The maximum Gasteiger partial charge on any atom is 0.352 e. The highest BCUT2D eigenvalue weighted by atomic mass is 35.5. The number of amides is 2. The monoisotopic (exact) mass is 926 g/mol. The molecule has 9 N–H and O–H groups in total. The van der Waals surface area contributed by atoms with Crippen LogP contribution >= 0.6 is 34.7 Å². The summed E-state index contributed by atoms with van der Waals surface area (Å²) in [6.45, 7) is 0.798. The van der Waals surface area contributed by atoms with Crippen LogP contribution < -0.4 is 27.1 Å². The molecule has 3 fully saturated rings. The summed E-state index contributed by atoms with van der Waals surface area (Å²) in [7, 11) is 0. The smallest absolute Gasteiger partial charge is 0.352 e. The number of thioether (sulfide) groups is 1. The van der Waals surface area contributed by atoms with E-state index in [2.05, 4.69) is 15.5 Å². The number of carbonyl (C=O) groups is 5. The van der Waals surface area contributed by atoms with Crippen molar-refractivity contribution in [2.75, 3.05) is 42.6 Å². The highest BCUT2D eigenvalue weighted by molar-refractivity contribution is 8.00. The molecule has 2 saturated heterocycles. The molecule has 3 unspecified atom stereocenters. The Morgan fingerprint density at radius 3 is 2.51 bits per heavy atom. The van der Waals surface area contributed by atoms with Gasteiger partial charge < -0.3 is 56.3 Å². The second kappa shape index (κ2) is 17.0. The summed E-state index contributed by atoms with van der Waals surface area (Å²) < 4.78 is 22.9. The Balaban J connectivity index is 1.00. The Hall–Kier alpha value is -6.43. The minimum Gasteiger partial charge on any atom is -0.504 e. The van der Waals surface area contributed by atoms with Crippen LogP contribution in [0.2, 0.25) is 5.02 Å². The van der Waals surface area contributed by atoms with Crippen molar-refractivity contribution in [3.05, 3.63) is 85.0 Å². The van der Waals surface area contributed by atoms with Gasteiger partial charge in [0.15, 0.2) is 22.3 Å². The van der Waals surface area contributed by atoms with Crippen molar-refractivity contribution in [1.82, 2.24) is 19.8 Å². The van der Waals surface area contributed by atoms with Crippen molar-refractivity contribution in [3.8, 4) is 11.5 Å². The second-order valence-electron chi connectivity index (χ2n) is 15.0. The number of hydrogen-bond acceptors (Lipinski definition) is 17. The molecule has 2 aromatic carbocycles. The molecule has 3 aliphatic heterocycles. The SMILES string of the molecule is NCC1CCN(c2c(F)cc3c(=O)c(C(=O)OCC4=C(C(=O)O)N5C(=O)C(NC(=O)C(=NO[C@H](C(=O)O)c6ccc(O)c(O)c6)c6csc(N)n6)C5SC4)cn(C4CC4)c3c2Cl)C1. The van der Waals surface area contributed by atoms with Crippen LogP contribution in [0.1, 0.15) is 53.0 Å². The number of fused-ring (bicyclic) bond motifs is 2. The van der Waals surface area contributed by atoms with Gasteiger partial charge in [-0.1, -0.05) is 22.8 Å². The number of pyridine rings is 1. The topological polar surface area (TPSA) is 303 Å². The number of nitrogens with one attached hydrogen (secondary N) is 1. The fourth-order valence-electron chi connectivity index (χ4n) is 7.63. The zero-order valence-electron chi connectivity index (χ0n) is 32.5. The molecule has 24 heteroatoms. The maximum absolute atomic E-state index is 15.7. The molecule has 1 saturated carbocycles. The molecular formula is C39H36ClFN8O12S2. The molecule has 0 spiro atoms. The van der Waals surface area contributed by atoms with E-state index in [-0.39, 0.29) is 61.3 Å². The van der Waals surface area contributed by atoms with Crippen LogP contribution in [0.15, 0.2) is 57.1 Å². The molecule has 0 bridgehead atoms. The number of carboxylic acid groups (broad SMARTS) is 2. The molecule has 0 radical (unpaired) electrons. The lowest BCUT2D eigenvalue weighted by Crippen LogP contribution is -2.71. The molecule has 8 rings (SSSR count). The van der Waals surface area contributed by atoms with E-state index in [1.807, 2.05) is 0 Å². The number of nitrogens with two attached hydrogens (primary N) is 2. The van der Waals surface area contributed by atoms with Gasteiger partial charge in [-0.15, -0.1) is 23.1 Å². The molecule has 2 aromatic heterocycles. The van der Waals surface area contributed by atoms with Gasteiger partial charge in [0.1, 0.15) is 40.8 Å².